The van der Waals surface area contributed by atoms with Crippen molar-refractivity contribution in [2.75, 3.05) is 0 Å². The second-order valence-electron chi connectivity index (χ2n) is 8.74. The molecule has 6 heteroatoms. The van der Waals surface area contributed by atoms with Crippen molar-refractivity contribution < 1.29 is 0 Å². The van der Waals surface area contributed by atoms with Gasteiger partial charge in [-0.25, -0.2) is 23.2 Å². The fraction of sp³-hybridized carbons (Fsp3) is 1.00. The minimum absolute atomic E-state index is 0.977. The summed E-state index contributed by atoms with van der Waals surface area (Å²) >= 11 is 4.81. The molecule has 1 aliphatic heterocycles. The van der Waals surface area contributed by atoms with Crippen LogP contribution < -0.4 is 0 Å². The third kappa shape index (κ3) is 6.00. The van der Waals surface area contributed by atoms with E-state index >= 15 is 0 Å². The normalized spacial score (nSPS) is 39.2. The molecule has 0 spiro atoms. The molecule has 0 aromatic carbocycles. The Labute approximate surface area is 162 Å². The zero-order valence-corrected chi connectivity index (χ0v) is 17.6. The Bertz CT molecular complexity index is 328. The molecular weight excluding hydrogens is 324 g/mol. The van der Waals surface area contributed by atoms with Gasteiger partial charge in [-0.3, -0.25) is 0 Å². The number of hydrogen-bond donors (Lipinski definition) is 0. The maximum absolute atomic E-state index is 2.41. The van der Waals surface area contributed by atoms with Crippen LogP contribution in [0.3, 0.4) is 0 Å². The van der Waals surface area contributed by atoms with Crippen molar-refractivity contribution in [1.82, 2.24) is 0 Å². The standard InChI is InChI=1S/C18H36B4S2/c19-20-14-8-6-10-15-16(11-7-9-14)22-24-18-13-5-3-1-2-4-12-17(18)23-21-15/h14-18,20-22H,1-13,19H2. The highest BCUT2D eigenvalue weighted by Crippen LogP contribution is 2.46. The average Bonchev–Trinajstić information content (AvgIpc) is 2.75. The Morgan fingerprint density at radius 2 is 1.12 bits per heavy atom. The number of hydrogen-bond acceptors (Lipinski definition) is 2. The Morgan fingerprint density at radius 3 is 1.62 bits per heavy atom. The molecule has 0 bridgehead atoms. The fourth-order valence-electron chi connectivity index (χ4n) is 5.27. The molecule has 24 heavy (non-hydrogen) atoms. The fourth-order valence-corrected chi connectivity index (χ4v) is 8.98. The first-order chi connectivity index (χ1) is 11.9. The molecule has 0 amide bonds. The summed E-state index contributed by atoms with van der Waals surface area (Å²) in [7, 11) is 3.83. The van der Waals surface area contributed by atoms with E-state index in [0.717, 1.165) is 28.0 Å². The van der Waals surface area contributed by atoms with Gasteiger partial charge >= 0.3 is 0 Å². The Morgan fingerprint density at radius 1 is 0.625 bits per heavy atom. The Kier molecular flexibility index (Phi) is 9.00. The predicted molar refractivity (Wildman–Crippen MR) is 124 cm³/mol. The lowest BCUT2D eigenvalue weighted by atomic mass is 9.45. The third-order valence-corrected chi connectivity index (χ3v) is 10.5. The largest absolute Gasteiger partial charge is 0.210 e. The van der Waals surface area contributed by atoms with Crippen molar-refractivity contribution in [3.8, 4) is 0 Å². The van der Waals surface area contributed by atoms with Crippen molar-refractivity contribution in [1.29, 1.82) is 0 Å². The molecule has 3 rings (SSSR count). The van der Waals surface area contributed by atoms with Crippen molar-refractivity contribution in [3.05, 3.63) is 0 Å². The summed E-state index contributed by atoms with van der Waals surface area (Å²) in [6.45, 7) is 2.98. The first-order valence-corrected chi connectivity index (χ1v) is 13.2. The van der Waals surface area contributed by atoms with Crippen molar-refractivity contribution in [3.63, 3.8) is 0 Å². The maximum atomic E-state index is 2.41. The van der Waals surface area contributed by atoms with Crippen LogP contribution in [0.1, 0.15) is 83.5 Å². The van der Waals surface area contributed by atoms with Gasteiger partial charge < -0.3 is 0 Å². The van der Waals surface area contributed by atoms with Crippen LogP contribution in [0, 0.1) is 0 Å². The van der Waals surface area contributed by atoms with Gasteiger partial charge in [0.25, 0.3) is 0 Å². The second kappa shape index (κ2) is 11.0. The highest BCUT2D eigenvalue weighted by molar-refractivity contribution is 8.26. The molecule has 2 saturated carbocycles. The Balaban J connectivity index is 1.60. The van der Waals surface area contributed by atoms with Gasteiger partial charge in [-0.05, 0) is 12.8 Å². The third-order valence-electron chi connectivity index (χ3n) is 7.06. The van der Waals surface area contributed by atoms with Crippen molar-refractivity contribution in [2.45, 2.75) is 111 Å². The predicted octanol–water partition coefficient (Wildman–Crippen LogP) is 4.36. The van der Waals surface area contributed by atoms with Gasteiger partial charge in [-0.2, -0.15) is 0 Å². The van der Waals surface area contributed by atoms with E-state index in [9.17, 15) is 0 Å². The van der Waals surface area contributed by atoms with E-state index in [1.54, 1.807) is 0 Å². The lowest BCUT2D eigenvalue weighted by Crippen LogP contribution is -2.28. The molecule has 4 atom stereocenters. The van der Waals surface area contributed by atoms with Crippen LogP contribution in [0.4, 0.5) is 0 Å². The molecule has 0 nitrogen and oxygen atoms in total. The van der Waals surface area contributed by atoms with Crippen LogP contribution in [0.2, 0.25) is 17.5 Å². The molecule has 4 unspecified atom stereocenters. The minimum atomic E-state index is 0.977. The molecule has 1 heterocycles. The van der Waals surface area contributed by atoms with Gasteiger partial charge in [0.1, 0.15) is 0 Å². The highest BCUT2D eigenvalue weighted by Gasteiger charge is 2.33. The van der Waals surface area contributed by atoms with Crippen molar-refractivity contribution >= 4 is 51.2 Å². The first-order valence-electron chi connectivity index (χ1n) is 11.1. The van der Waals surface area contributed by atoms with E-state index in [-0.39, 0.29) is 0 Å². The summed E-state index contributed by atoms with van der Waals surface area (Å²) in [5, 5.41) is 1.95. The number of rotatable bonds is 1. The maximum Gasteiger partial charge on any atom is 0.194 e. The monoisotopic (exact) mass is 360 g/mol. The SMILES string of the molecule is BBC1CCCC2BSC3CCCCCCCC3SBC2CCC1. The summed E-state index contributed by atoms with van der Waals surface area (Å²) in [4.78, 5) is 0. The molecule has 1 saturated heterocycles. The van der Waals surface area contributed by atoms with Crippen LogP contribution in [0.5, 0.6) is 0 Å². The molecule has 0 aromatic rings. The van der Waals surface area contributed by atoms with Crippen LogP contribution >= 0.6 is 23.2 Å². The summed E-state index contributed by atoms with van der Waals surface area (Å²) in [5.41, 5.74) is 0. The quantitative estimate of drug-likeness (QED) is 0.638. The van der Waals surface area contributed by atoms with E-state index in [2.05, 4.69) is 31.0 Å². The highest BCUT2D eigenvalue weighted by atomic mass is 32.2. The van der Waals surface area contributed by atoms with E-state index < -0.39 is 0 Å². The van der Waals surface area contributed by atoms with Crippen LogP contribution in [-0.4, -0.2) is 38.5 Å². The second-order valence-corrected chi connectivity index (χ2v) is 11.3. The molecular formula is C18H36B4S2. The van der Waals surface area contributed by atoms with Crippen LogP contribution in [-0.2, 0) is 0 Å². The van der Waals surface area contributed by atoms with Gasteiger partial charge in [0, 0.05) is 10.5 Å². The lowest BCUT2D eigenvalue weighted by molar-refractivity contribution is 0.617. The molecule has 3 aliphatic rings. The average molecular weight is 360 g/mol. The van der Waals surface area contributed by atoms with Crippen molar-refractivity contribution in [2.24, 2.45) is 0 Å². The van der Waals surface area contributed by atoms with Gasteiger partial charge in [0.2, 0.25) is 0 Å². The topological polar surface area (TPSA) is 0 Å². The molecule has 132 valence electrons. The smallest absolute Gasteiger partial charge is 0.194 e. The molecule has 3 fully saturated rings. The van der Waals surface area contributed by atoms with Gasteiger partial charge in [-0.1, -0.05) is 88.1 Å². The van der Waals surface area contributed by atoms with E-state index in [4.69, 9.17) is 0 Å². The zero-order chi connectivity index (χ0) is 16.6. The number of fused-ring (bicyclic) bond motifs is 2. The summed E-state index contributed by atoms with van der Waals surface area (Å²) in [6, 6.07) is 0. The van der Waals surface area contributed by atoms with Gasteiger partial charge in [0.15, 0.2) is 13.1 Å². The molecule has 2 aliphatic carbocycles. The lowest BCUT2D eigenvalue weighted by Gasteiger charge is -2.35. The van der Waals surface area contributed by atoms with E-state index in [0.29, 0.717) is 0 Å². The zero-order valence-electron chi connectivity index (χ0n) is 16.0. The van der Waals surface area contributed by atoms with E-state index in [1.807, 2.05) is 0 Å². The van der Waals surface area contributed by atoms with Crippen LogP contribution in [0.15, 0.2) is 0 Å². The molecule has 0 aromatic heterocycles. The van der Waals surface area contributed by atoms with Gasteiger partial charge in [0.05, 0.1) is 14.9 Å². The molecule has 0 N–H and O–H groups in total. The first kappa shape index (κ1) is 19.7. The Hall–Kier alpha value is 0.960. The van der Waals surface area contributed by atoms with Crippen LogP contribution in [0.25, 0.3) is 0 Å². The minimum Gasteiger partial charge on any atom is -0.210 e. The summed E-state index contributed by atoms with van der Waals surface area (Å²) in [5.74, 6) is 3.10. The van der Waals surface area contributed by atoms with Gasteiger partial charge in [-0.15, -0.1) is 0 Å². The van der Waals surface area contributed by atoms with E-state index in [1.165, 1.54) is 104 Å². The summed E-state index contributed by atoms with van der Waals surface area (Å²) in [6.07, 6.45) is 19.6. The molecule has 0 radical (unpaired) electrons. The summed E-state index contributed by atoms with van der Waals surface area (Å²) < 4.78 is 0.